The van der Waals surface area contributed by atoms with Crippen LogP contribution < -0.4 is 21.5 Å². The molecule has 0 unspecified atom stereocenters. The van der Waals surface area contributed by atoms with Crippen molar-refractivity contribution in [3.8, 4) is 0 Å². The molecule has 3 aromatic rings. The summed E-state index contributed by atoms with van der Waals surface area (Å²) in [5, 5.41) is 13.4. The van der Waals surface area contributed by atoms with Crippen molar-refractivity contribution >= 4 is 28.9 Å². The standard InChI is InChI=1S/C18H21N7O2.C4H8/c1-19-15-9-14(22-13-7-4-8-24(2)18(13)27)23-16-12(10-20-25(15)16)17(26)21-11-5-3-6-11;1-2-4-3-1/h4,7-11,19H,3,5-6H2,1-2H3,(H,21,26)(H,22,23);1-4H2. The van der Waals surface area contributed by atoms with Crippen LogP contribution in [0, 0.1) is 0 Å². The summed E-state index contributed by atoms with van der Waals surface area (Å²) in [5.41, 5.74) is 1.07. The third-order valence-electron chi connectivity index (χ3n) is 5.80. The Hall–Kier alpha value is -3.36. The highest BCUT2D eigenvalue weighted by Gasteiger charge is 2.23. The normalized spacial score (nSPS) is 15.3. The van der Waals surface area contributed by atoms with Gasteiger partial charge in [0.1, 0.15) is 22.9 Å². The van der Waals surface area contributed by atoms with Crippen LogP contribution in [0.3, 0.4) is 0 Å². The van der Waals surface area contributed by atoms with Gasteiger partial charge < -0.3 is 20.5 Å². The molecule has 0 saturated heterocycles. The van der Waals surface area contributed by atoms with E-state index in [1.54, 1.807) is 43.0 Å². The van der Waals surface area contributed by atoms with Gasteiger partial charge in [0.25, 0.3) is 11.5 Å². The highest BCUT2D eigenvalue weighted by molar-refractivity contribution is 6.00. The Morgan fingerprint density at radius 3 is 2.52 bits per heavy atom. The molecular formula is C22H29N7O2. The Morgan fingerprint density at radius 2 is 1.90 bits per heavy atom. The third-order valence-corrected chi connectivity index (χ3v) is 5.80. The molecule has 5 rings (SSSR count). The molecule has 3 aromatic heterocycles. The van der Waals surface area contributed by atoms with Gasteiger partial charge in [0.05, 0.1) is 6.20 Å². The molecule has 3 heterocycles. The fraction of sp³-hybridized carbons (Fsp3) is 0.455. The number of amides is 1. The number of carbonyl (C=O) groups excluding carboxylic acids is 1. The van der Waals surface area contributed by atoms with Crippen molar-refractivity contribution < 1.29 is 4.79 Å². The summed E-state index contributed by atoms with van der Waals surface area (Å²) in [5.74, 6) is 0.920. The van der Waals surface area contributed by atoms with Crippen LogP contribution in [-0.2, 0) is 7.05 Å². The molecule has 0 aliphatic heterocycles. The molecule has 2 saturated carbocycles. The first-order chi connectivity index (χ1) is 15.1. The second kappa shape index (κ2) is 9.20. The van der Waals surface area contributed by atoms with Crippen molar-refractivity contribution in [2.45, 2.75) is 51.0 Å². The number of fused-ring (bicyclic) bond motifs is 1. The maximum absolute atomic E-state index is 12.6. The van der Waals surface area contributed by atoms with E-state index < -0.39 is 0 Å². The molecule has 0 spiro atoms. The molecule has 2 aliphatic rings. The van der Waals surface area contributed by atoms with E-state index in [2.05, 4.69) is 26.0 Å². The van der Waals surface area contributed by atoms with Crippen molar-refractivity contribution in [2.75, 3.05) is 17.7 Å². The van der Waals surface area contributed by atoms with Crippen molar-refractivity contribution in [3.63, 3.8) is 0 Å². The van der Waals surface area contributed by atoms with E-state index in [1.807, 2.05) is 0 Å². The second-order valence-corrected chi connectivity index (χ2v) is 8.05. The van der Waals surface area contributed by atoms with Crippen LogP contribution in [0.25, 0.3) is 5.65 Å². The van der Waals surface area contributed by atoms with Crippen LogP contribution in [0.15, 0.2) is 35.4 Å². The van der Waals surface area contributed by atoms with E-state index in [0.717, 1.165) is 19.3 Å². The monoisotopic (exact) mass is 423 g/mol. The summed E-state index contributed by atoms with van der Waals surface area (Å²) in [7, 11) is 3.44. The zero-order valence-corrected chi connectivity index (χ0v) is 18.0. The lowest BCUT2D eigenvalue weighted by atomic mass is 9.93. The lowest BCUT2D eigenvalue weighted by Gasteiger charge is -2.26. The number of aromatic nitrogens is 4. The molecule has 0 radical (unpaired) electrons. The zero-order valence-electron chi connectivity index (χ0n) is 18.0. The number of hydrogen-bond acceptors (Lipinski definition) is 6. The maximum atomic E-state index is 12.6. The van der Waals surface area contributed by atoms with Gasteiger partial charge in [-0.15, -0.1) is 0 Å². The molecule has 0 bridgehead atoms. The lowest BCUT2D eigenvalue weighted by molar-refractivity contribution is 0.0918. The van der Waals surface area contributed by atoms with E-state index in [0.29, 0.717) is 28.5 Å². The van der Waals surface area contributed by atoms with E-state index in [4.69, 9.17) is 0 Å². The molecule has 9 nitrogen and oxygen atoms in total. The van der Waals surface area contributed by atoms with Crippen LogP contribution in [0.1, 0.15) is 55.3 Å². The van der Waals surface area contributed by atoms with Crippen molar-refractivity contribution in [1.82, 2.24) is 24.5 Å². The maximum Gasteiger partial charge on any atom is 0.274 e. The third kappa shape index (κ3) is 4.55. The van der Waals surface area contributed by atoms with Crippen LogP contribution >= 0.6 is 0 Å². The molecular weight excluding hydrogens is 394 g/mol. The van der Waals surface area contributed by atoms with Gasteiger partial charge in [0.2, 0.25) is 0 Å². The predicted octanol–water partition coefficient (Wildman–Crippen LogP) is 3.06. The Labute approximate surface area is 180 Å². The zero-order chi connectivity index (χ0) is 21.8. The van der Waals surface area contributed by atoms with Crippen molar-refractivity contribution in [3.05, 3.63) is 46.5 Å². The Balaban J connectivity index is 0.000000520. The van der Waals surface area contributed by atoms with Gasteiger partial charge in [-0.3, -0.25) is 9.59 Å². The van der Waals surface area contributed by atoms with Crippen LogP contribution in [-0.4, -0.2) is 38.2 Å². The van der Waals surface area contributed by atoms with Gasteiger partial charge in [-0.05, 0) is 31.4 Å². The number of rotatable bonds is 5. The Bertz CT molecular complexity index is 1120. The van der Waals surface area contributed by atoms with Gasteiger partial charge >= 0.3 is 0 Å². The molecule has 31 heavy (non-hydrogen) atoms. The lowest BCUT2D eigenvalue weighted by Crippen LogP contribution is -2.39. The topological polar surface area (TPSA) is 105 Å². The molecule has 9 heteroatoms. The van der Waals surface area contributed by atoms with Gasteiger partial charge in [-0.25, -0.2) is 4.98 Å². The Morgan fingerprint density at radius 1 is 1.16 bits per heavy atom. The highest BCUT2D eigenvalue weighted by atomic mass is 16.2. The first-order valence-corrected chi connectivity index (χ1v) is 10.9. The molecule has 2 fully saturated rings. The van der Waals surface area contributed by atoms with Gasteiger partial charge in [-0.1, -0.05) is 25.7 Å². The largest absolute Gasteiger partial charge is 0.373 e. The summed E-state index contributed by atoms with van der Waals surface area (Å²) >= 11 is 0. The molecule has 1 amide bonds. The highest BCUT2D eigenvalue weighted by Crippen LogP contribution is 2.22. The molecule has 2 aliphatic carbocycles. The summed E-state index contributed by atoms with van der Waals surface area (Å²) in [6.45, 7) is 0. The Kier molecular flexibility index (Phi) is 6.20. The average Bonchev–Trinajstić information content (AvgIpc) is 3.10. The molecule has 0 aromatic carbocycles. The smallest absolute Gasteiger partial charge is 0.274 e. The molecule has 0 atom stereocenters. The summed E-state index contributed by atoms with van der Waals surface area (Å²) < 4.78 is 3.06. The summed E-state index contributed by atoms with van der Waals surface area (Å²) in [4.78, 5) is 29.4. The van der Waals surface area contributed by atoms with E-state index in [9.17, 15) is 9.59 Å². The number of anilines is 3. The first kappa shape index (κ1) is 20.9. The fourth-order valence-corrected chi connectivity index (χ4v) is 3.26. The number of nitrogens with one attached hydrogen (secondary N) is 3. The minimum absolute atomic E-state index is 0.165. The minimum Gasteiger partial charge on any atom is -0.373 e. The van der Waals surface area contributed by atoms with Crippen LogP contribution in [0.5, 0.6) is 0 Å². The van der Waals surface area contributed by atoms with Gasteiger partial charge in [-0.2, -0.15) is 9.61 Å². The quantitative estimate of drug-likeness (QED) is 0.583. The molecule has 164 valence electrons. The minimum atomic E-state index is -0.183. The van der Waals surface area contributed by atoms with Crippen LogP contribution in [0.4, 0.5) is 17.3 Å². The average molecular weight is 424 g/mol. The fourth-order valence-electron chi connectivity index (χ4n) is 3.26. The number of nitrogens with zero attached hydrogens (tertiary/aromatic N) is 4. The first-order valence-electron chi connectivity index (χ1n) is 10.9. The number of hydrogen-bond donors (Lipinski definition) is 3. The van der Waals surface area contributed by atoms with E-state index in [-0.39, 0.29) is 17.5 Å². The van der Waals surface area contributed by atoms with Crippen molar-refractivity contribution in [2.24, 2.45) is 7.05 Å². The molecule has 3 N–H and O–H groups in total. The van der Waals surface area contributed by atoms with Crippen molar-refractivity contribution in [1.29, 1.82) is 0 Å². The number of carbonyl (C=O) groups is 1. The SMILES string of the molecule is C1CCC1.CNc1cc(Nc2cccn(C)c2=O)nc2c(C(=O)NC3CCC3)cnn12. The van der Waals surface area contributed by atoms with Gasteiger partial charge in [0.15, 0.2) is 5.65 Å². The van der Waals surface area contributed by atoms with E-state index in [1.165, 1.54) is 36.4 Å². The summed E-state index contributed by atoms with van der Waals surface area (Å²) in [6, 6.07) is 5.43. The number of aryl methyl sites for hydroxylation is 1. The van der Waals surface area contributed by atoms with E-state index >= 15 is 0 Å². The summed E-state index contributed by atoms with van der Waals surface area (Å²) in [6.07, 6.45) is 12.3. The predicted molar refractivity (Wildman–Crippen MR) is 121 cm³/mol. The van der Waals surface area contributed by atoms with Crippen LogP contribution in [0.2, 0.25) is 0 Å². The van der Waals surface area contributed by atoms with Gasteiger partial charge in [0, 0.05) is 32.4 Å². The second-order valence-electron chi connectivity index (χ2n) is 8.05. The number of pyridine rings is 1.